The van der Waals surface area contributed by atoms with Gasteiger partial charge in [-0.15, -0.1) is 0 Å². The molecular weight excluding hydrogens is 334 g/mol. The first-order valence-electron chi connectivity index (χ1n) is 5.87. The lowest BCUT2D eigenvalue weighted by Gasteiger charge is -2.07. The van der Waals surface area contributed by atoms with Gasteiger partial charge >= 0.3 is 0 Å². The van der Waals surface area contributed by atoms with E-state index in [1.165, 1.54) is 36.4 Å². The summed E-state index contributed by atoms with van der Waals surface area (Å²) in [7, 11) is -2.16. The zero-order valence-corrected chi connectivity index (χ0v) is 13.1. The molecule has 112 valence electrons. The van der Waals surface area contributed by atoms with E-state index in [9.17, 15) is 16.8 Å². The predicted octanol–water partition coefficient (Wildman–Crippen LogP) is 2.09. The number of benzene rings is 2. The second-order valence-electron chi connectivity index (χ2n) is 4.22. The lowest BCUT2D eigenvalue weighted by atomic mass is 10.2. The Morgan fingerprint density at radius 1 is 0.810 bits per heavy atom. The smallest absolute Gasteiger partial charge is 0.207 e. The van der Waals surface area contributed by atoms with Gasteiger partial charge in [-0.2, -0.15) is 0 Å². The maximum atomic E-state index is 12.0. The Labute approximate surface area is 128 Å². The van der Waals surface area contributed by atoms with E-state index in [0.29, 0.717) is 5.56 Å². The lowest BCUT2D eigenvalue weighted by molar-refractivity contribution is 0.581. The number of halogens is 1. The third kappa shape index (κ3) is 4.28. The van der Waals surface area contributed by atoms with E-state index in [4.69, 9.17) is 10.7 Å². The van der Waals surface area contributed by atoms with Gasteiger partial charge in [0.15, 0.2) is 0 Å². The molecule has 0 atom stereocenters. The Bertz CT molecular complexity index is 816. The van der Waals surface area contributed by atoms with Crippen LogP contribution in [0.4, 0.5) is 0 Å². The van der Waals surface area contributed by atoms with E-state index in [1.54, 1.807) is 18.2 Å². The summed E-state index contributed by atoms with van der Waals surface area (Å²) in [5, 5.41) is 0. The molecule has 0 aromatic heterocycles. The Morgan fingerprint density at radius 2 is 1.38 bits per heavy atom. The standard InChI is InChI=1S/C13H12ClNO4S2/c14-20(16,17)12-8-6-11(7-9-12)10-15-21(18,19)13-4-2-1-3-5-13/h1-9,15H,10H2. The topological polar surface area (TPSA) is 80.3 Å². The third-order valence-electron chi connectivity index (χ3n) is 2.72. The van der Waals surface area contributed by atoms with Crippen molar-refractivity contribution in [3.05, 3.63) is 60.2 Å². The van der Waals surface area contributed by atoms with E-state index in [1.807, 2.05) is 0 Å². The molecule has 21 heavy (non-hydrogen) atoms. The van der Waals surface area contributed by atoms with Crippen LogP contribution in [0.3, 0.4) is 0 Å². The molecular formula is C13H12ClNO4S2. The van der Waals surface area contributed by atoms with Crippen LogP contribution in [0, 0.1) is 0 Å². The highest BCUT2D eigenvalue weighted by Crippen LogP contribution is 2.15. The molecule has 2 aromatic carbocycles. The van der Waals surface area contributed by atoms with Gasteiger partial charge in [0.2, 0.25) is 10.0 Å². The molecule has 0 fully saturated rings. The summed E-state index contributed by atoms with van der Waals surface area (Å²) in [5.74, 6) is 0. The fraction of sp³-hybridized carbons (Fsp3) is 0.0769. The molecule has 0 amide bonds. The van der Waals surface area contributed by atoms with Gasteiger partial charge in [-0.05, 0) is 29.8 Å². The minimum absolute atomic E-state index is 0.0289. The zero-order valence-electron chi connectivity index (χ0n) is 10.7. The van der Waals surface area contributed by atoms with Crippen molar-refractivity contribution in [3.63, 3.8) is 0 Å². The van der Waals surface area contributed by atoms with Crippen LogP contribution >= 0.6 is 10.7 Å². The highest BCUT2D eigenvalue weighted by Gasteiger charge is 2.13. The molecule has 0 aliphatic heterocycles. The van der Waals surface area contributed by atoms with Gasteiger partial charge in [-0.3, -0.25) is 0 Å². The molecule has 0 radical (unpaired) electrons. The monoisotopic (exact) mass is 345 g/mol. The summed E-state index contributed by atoms with van der Waals surface area (Å²) in [5.41, 5.74) is 0.624. The Balaban J connectivity index is 2.10. The van der Waals surface area contributed by atoms with Gasteiger partial charge in [0, 0.05) is 17.2 Å². The van der Waals surface area contributed by atoms with Crippen LogP contribution < -0.4 is 4.72 Å². The summed E-state index contributed by atoms with van der Waals surface area (Å²) < 4.78 is 48.6. The zero-order chi connectivity index (χ0) is 15.5. The van der Waals surface area contributed by atoms with Crippen molar-refractivity contribution in [3.8, 4) is 0 Å². The van der Waals surface area contributed by atoms with E-state index < -0.39 is 19.1 Å². The second kappa shape index (κ2) is 6.15. The number of nitrogens with one attached hydrogen (secondary N) is 1. The minimum atomic E-state index is -3.77. The normalized spacial score (nSPS) is 12.2. The maximum absolute atomic E-state index is 12.0. The molecule has 0 unspecified atom stereocenters. The molecule has 0 aliphatic carbocycles. The van der Waals surface area contributed by atoms with Crippen molar-refractivity contribution in [2.24, 2.45) is 0 Å². The first kappa shape index (κ1) is 16.0. The summed E-state index contributed by atoms with van der Waals surface area (Å²) in [6.45, 7) is 0.0554. The van der Waals surface area contributed by atoms with Crippen molar-refractivity contribution in [1.29, 1.82) is 0 Å². The largest absolute Gasteiger partial charge is 0.261 e. The van der Waals surface area contributed by atoms with E-state index in [0.717, 1.165) is 0 Å². The average molecular weight is 346 g/mol. The molecule has 0 spiro atoms. The average Bonchev–Trinajstić information content (AvgIpc) is 2.46. The van der Waals surface area contributed by atoms with Crippen molar-refractivity contribution in [2.75, 3.05) is 0 Å². The summed E-state index contributed by atoms with van der Waals surface area (Å²) in [4.78, 5) is 0.142. The van der Waals surface area contributed by atoms with Crippen LogP contribution in [-0.2, 0) is 25.6 Å². The van der Waals surface area contributed by atoms with Crippen molar-refractivity contribution < 1.29 is 16.8 Å². The number of sulfonamides is 1. The van der Waals surface area contributed by atoms with E-state index in [-0.39, 0.29) is 16.3 Å². The predicted molar refractivity (Wildman–Crippen MR) is 79.9 cm³/mol. The molecule has 0 saturated carbocycles. The molecule has 0 bridgehead atoms. The Kier molecular flexibility index (Phi) is 4.67. The molecule has 0 saturated heterocycles. The van der Waals surface area contributed by atoms with Crippen LogP contribution in [-0.4, -0.2) is 16.8 Å². The van der Waals surface area contributed by atoms with Crippen molar-refractivity contribution in [2.45, 2.75) is 16.3 Å². The minimum Gasteiger partial charge on any atom is -0.207 e. The SMILES string of the molecule is O=S(=O)(Cl)c1ccc(CNS(=O)(=O)c2ccccc2)cc1. The van der Waals surface area contributed by atoms with Gasteiger partial charge in [0.05, 0.1) is 9.79 Å². The quantitative estimate of drug-likeness (QED) is 0.841. The van der Waals surface area contributed by atoms with Gasteiger partial charge in [0.1, 0.15) is 0 Å². The molecule has 5 nitrogen and oxygen atoms in total. The molecule has 0 heterocycles. The van der Waals surface area contributed by atoms with Crippen LogP contribution in [0.1, 0.15) is 5.56 Å². The van der Waals surface area contributed by atoms with E-state index in [2.05, 4.69) is 4.72 Å². The molecule has 2 rings (SSSR count). The first-order chi connectivity index (χ1) is 9.79. The first-order valence-corrected chi connectivity index (χ1v) is 9.67. The highest BCUT2D eigenvalue weighted by atomic mass is 35.7. The van der Waals surface area contributed by atoms with Crippen LogP contribution in [0.5, 0.6) is 0 Å². The summed E-state index contributed by atoms with van der Waals surface area (Å²) in [6, 6.07) is 13.6. The van der Waals surface area contributed by atoms with Crippen LogP contribution in [0.25, 0.3) is 0 Å². The van der Waals surface area contributed by atoms with Crippen molar-refractivity contribution in [1.82, 2.24) is 4.72 Å². The number of rotatable bonds is 5. The molecule has 0 aliphatic rings. The molecule has 8 heteroatoms. The Hall–Kier alpha value is -1.41. The number of hydrogen-bond donors (Lipinski definition) is 1. The fourth-order valence-corrected chi connectivity index (χ4v) is 3.44. The van der Waals surface area contributed by atoms with Crippen LogP contribution in [0.15, 0.2) is 64.4 Å². The highest BCUT2D eigenvalue weighted by molar-refractivity contribution is 8.13. The van der Waals surface area contributed by atoms with Gasteiger partial charge < -0.3 is 0 Å². The van der Waals surface area contributed by atoms with Gasteiger partial charge in [-0.25, -0.2) is 21.6 Å². The van der Waals surface area contributed by atoms with Gasteiger partial charge in [0.25, 0.3) is 9.05 Å². The third-order valence-corrected chi connectivity index (χ3v) is 5.51. The fourth-order valence-electron chi connectivity index (χ4n) is 1.63. The second-order valence-corrected chi connectivity index (χ2v) is 8.55. The summed E-state index contributed by atoms with van der Waals surface area (Å²) in [6.07, 6.45) is 0. The van der Waals surface area contributed by atoms with E-state index >= 15 is 0 Å². The lowest BCUT2D eigenvalue weighted by Crippen LogP contribution is -2.23. The maximum Gasteiger partial charge on any atom is 0.261 e. The van der Waals surface area contributed by atoms with Crippen molar-refractivity contribution >= 4 is 29.8 Å². The van der Waals surface area contributed by atoms with Gasteiger partial charge in [-0.1, -0.05) is 30.3 Å². The number of hydrogen-bond acceptors (Lipinski definition) is 4. The molecule has 1 N–H and O–H groups in total. The van der Waals surface area contributed by atoms with Crippen LogP contribution in [0.2, 0.25) is 0 Å². The Morgan fingerprint density at radius 3 is 1.90 bits per heavy atom. The molecule has 2 aromatic rings. The summed E-state index contributed by atoms with van der Waals surface area (Å²) >= 11 is 0.